The summed E-state index contributed by atoms with van der Waals surface area (Å²) in [4.78, 5) is 25.4. The van der Waals surface area contributed by atoms with Gasteiger partial charge in [-0.25, -0.2) is 14.4 Å². The van der Waals surface area contributed by atoms with Crippen molar-refractivity contribution in [1.29, 1.82) is 0 Å². The second-order valence-electron chi connectivity index (χ2n) is 6.88. The highest BCUT2D eigenvalue weighted by atomic mass is 19.1. The van der Waals surface area contributed by atoms with Crippen LogP contribution in [0.15, 0.2) is 67.0 Å². The van der Waals surface area contributed by atoms with E-state index >= 15 is 0 Å². The number of rotatable bonds is 5. The van der Waals surface area contributed by atoms with E-state index in [1.807, 2.05) is 30.5 Å². The minimum absolute atomic E-state index is 0.0222. The van der Waals surface area contributed by atoms with Crippen LogP contribution in [0.3, 0.4) is 0 Å². The summed E-state index contributed by atoms with van der Waals surface area (Å²) in [6, 6.07) is 15.9. The number of aromatic nitrogens is 2. The van der Waals surface area contributed by atoms with E-state index in [9.17, 15) is 9.18 Å². The van der Waals surface area contributed by atoms with Gasteiger partial charge in [0.15, 0.2) is 0 Å². The Bertz CT molecular complexity index is 956. The third-order valence-electron chi connectivity index (χ3n) is 4.94. The van der Waals surface area contributed by atoms with Crippen LogP contribution < -0.4 is 15.1 Å². The van der Waals surface area contributed by atoms with E-state index in [-0.39, 0.29) is 18.1 Å². The van der Waals surface area contributed by atoms with E-state index in [1.54, 1.807) is 30.5 Å². The van der Waals surface area contributed by atoms with Crippen molar-refractivity contribution in [2.45, 2.75) is 6.42 Å². The summed E-state index contributed by atoms with van der Waals surface area (Å²) in [5.74, 6) is 0.788. The lowest BCUT2D eigenvalue weighted by Gasteiger charge is -2.36. The van der Waals surface area contributed by atoms with Crippen molar-refractivity contribution in [2.24, 2.45) is 0 Å². The summed E-state index contributed by atoms with van der Waals surface area (Å²) in [5, 5.41) is 2.72. The van der Waals surface area contributed by atoms with Gasteiger partial charge in [0.25, 0.3) is 0 Å². The number of hydrogen-bond donors (Lipinski definition) is 1. The third-order valence-corrected chi connectivity index (χ3v) is 4.94. The molecule has 1 fully saturated rings. The van der Waals surface area contributed by atoms with E-state index in [2.05, 4.69) is 25.1 Å². The summed E-state index contributed by atoms with van der Waals surface area (Å²) < 4.78 is 13.7. The second-order valence-corrected chi connectivity index (χ2v) is 6.88. The molecule has 1 aromatic carbocycles. The molecule has 1 aliphatic rings. The van der Waals surface area contributed by atoms with Gasteiger partial charge in [0, 0.05) is 32.4 Å². The van der Waals surface area contributed by atoms with Crippen molar-refractivity contribution in [3.05, 3.63) is 78.4 Å². The van der Waals surface area contributed by atoms with E-state index in [0.717, 1.165) is 37.7 Å². The van der Waals surface area contributed by atoms with E-state index in [4.69, 9.17) is 0 Å². The molecule has 6 nitrogen and oxygen atoms in total. The Balaban J connectivity index is 1.31. The molecule has 148 valence electrons. The maximum atomic E-state index is 13.7. The van der Waals surface area contributed by atoms with Gasteiger partial charge in [-0.15, -0.1) is 0 Å². The highest BCUT2D eigenvalue weighted by Gasteiger charge is 2.18. The van der Waals surface area contributed by atoms with Crippen LogP contribution in [0.2, 0.25) is 0 Å². The number of carbonyl (C=O) groups excluding carboxylic acids is 1. The summed E-state index contributed by atoms with van der Waals surface area (Å²) in [7, 11) is 0. The first-order valence-electron chi connectivity index (χ1n) is 9.59. The van der Waals surface area contributed by atoms with Crippen LogP contribution in [0.5, 0.6) is 0 Å². The van der Waals surface area contributed by atoms with Gasteiger partial charge in [0.1, 0.15) is 17.5 Å². The largest absolute Gasteiger partial charge is 0.367 e. The average molecular weight is 391 g/mol. The first-order chi connectivity index (χ1) is 14.2. The van der Waals surface area contributed by atoms with Crippen molar-refractivity contribution in [3.63, 3.8) is 0 Å². The molecule has 0 atom stereocenters. The molecule has 29 heavy (non-hydrogen) atoms. The number of hydrogen-bond acceptors (Lipinski definition) is 5. The fraction of sp³-hybridized carbons (Fsp3) is 0.227. The van der Waals surface area contributed by atoms with Crippen LogP contribution in [-0.2, 0) is 11.2 Å². The van der Waals surface area contributed by atoms with Gasteiger partial charge in [-0.05, 0) is 35.9 Å². The summed E-state index contributed by atoms with van der Waals surface area (Å²) in [6.45, 7) is 3.52. The van der Waals surface area contributed by atoms with Crippen molar-refractivity contribution in [3.8, 4) is 0 Å². The molecule has 3 heterocycles. The molecule has 0 radical (unpaired) electrons. The first kappa shape index (κ1) is 18.9. The smallest absolute Gasteiger partial charge is 0.230 e. The van der Waals surface area contributed by atoms with Crippen LogP contribution in [-0.4, -0.2) is 42.1 Å². The lowest BCUT2D eigenvalue weighted by atomic mass is 10.1. The van der Waals surface area contributed by atoms with Gasteiger partial charge < -0.3 is 15.1 Å². The van der Waals surface area contributed by atoms with Crippen LogP contribution in [0.25, 0.3) is 0 Å². The number of nitrogens with one attached hydrogen (secondary N) is 1. The molecule has 1 saturated heterocycles. The summed E-state index contributed by atoms with van der Waals surface area (Å²) in [6.07, 6.45) is 3.55. The van der Waals surface area contributed by atoms with Gasteiger partial charge >= 0.3 is 0 Å². The van der Waals surface area contributed by atoms with Gasteiger partial charge in [-0.2, -0.15) is 0 Å². The van der Waals surface area contributed by atoms with Crippen molar-refractivity contribution in [1.82, 2.24) is 9.97 Å². The highest BCUT2D eigenvalue weighted by molar-refractivity contribution is 5.91. The molecular formula is C22H22FN5O. The fourth-order valence-electron chi connectivity index (χ4n) is 3.38. The topological polar surface area (TPSA) is 61.4 Å². The summed E-state index contributed by atoms with van der Waals surface area (Å²) in [5.41, 5.74) is 1.38. The molecule has 0 spiro atoms. The number of carbonyl (C=O) groups is 1. The van der Waals surface area contributed by atoms with Crippen LogP contribution in [0, 0.1) is 5.82 Å². The Morgan fingerprint density at radius 1 is 0.931 bits per heavy atom. The van der Waals surface area contributed by atoms with Crippen molar-refractivity contribution < 1.29 is 9.18 Å². The molecule has 2 aromatic heterocycles. The Hall–Kier alpha value is -3.48. The zero-order chi connectivity index (χ0) is 20.1. The monoisotopic (exact) mass is 391 g/mol. The Morgan fingerprint density at radius 3 is 2.38 bits per heavy atom. The zero-order valence-electron chi connectivity index (χ0n) is 16.0. The molecule has 3 aromatic rings. The standard InChI is InChI=1S/C22H22FN5O/c23-19-6-2-1-5-17(19)15-22(29)26-20-9-8-18(16-25-20)27-11-13-28(14-12-27)21-7-3-4-10-24-21/h1-10,16H,11-15H2,(H,25,26,29). The maximum Gasteiger partial charge on any atom is 0.230 e. The second kappa shape index (κ2) is 8.68. The minimum atomic E-state index is -0.379. The quantitative estimate of drug-likeness (QED) is 0.724. The molecule has 1 amide bonds. The average Bonchev–Trinajstić information content (AvgIpc) is 2.77. The normalized spacial score (nSPS) is 14.0. The molecular weight excluding hydrogens is 369 g/mol. The maximum absolute atomic E-state index is 13.7. The lowest BCUT2D eigenvalue weighted by molar-refractivity contribution is -0.115. The molecule has 1 aliphatic heterocycles. The van der Waals surface area contributed by atoms with Gasteiger partial charge in [0.05, 0.1) is 18.3 Å². The number of nitrogens with zero attached hydrogens (tertiary/aromatic N) is 4. The van der Waals surface area contributed by atoms with Crippen LogP contribution >= 0.6 is 0 Å². The SMILES string of the molecule is O=C(Cc1ccccc1F)Nc1ccc(N2CCN(c3ccccn3)CC2)cn1. The minimum Gasteiger partial charge on any atom is -0.367 e. The number of amides is 1. The zero-order valence-corrected chi connectivity index (χ0v) is 16.0. The Kier molecular flexibility index (Phi) is 5.65. The predicted molar refractivity (Wildman–Crippen MR) is 112 cm³/mol. The van der Waals surface area contributed by atoms with Gasteiger partial charge in [-0.1, -0.05) is 24.3 Å². The van der Waals surface area contributed by atoms with Crippen LogP contribution in [0.1, 0.15) is 5.56 Å². The van der Waals surface area contributed by atoms with Gasteiger partial charge in [-0.3, -0.25) is 4.79 Å². The fourth-order valence-corrected chi connectivity index (χ4v) is 3.38. The molecule has 4 rings (SSSR count). The number of anilines is 3. The number of halogens is 1. The molecule has 0 bridgehead atoms. The molecule has 0 unspecified atom stereocenters. The van der Waals surface area contributed by atoms with Gasteiger partial charge in [0.2, 0.25) is 5.91 Å². The number of piperazine rings is 1. The Morgan fingerprint density at radius 2 is 1.69 bits per heavy atom. The van der Waals surface area contributed by atoms with E-state index < -0.39 is 0 Å². The Labute approximate surface area is 169 Å². The lowest BCUT2D eigenvalue weighted by Crippen LogP contribution is -2.46. The van der Waals surface area contributed by atoms with Crippen molar-refractivity contribution >= 4 is 23.2 Å². The van der Waals surface area contributed by atoms with Crippen LogP contribution in [0.4, 0.5) is 21.7 Å². The molecule has 0 saturated carbocycles. The van der Waals surface area contributed by atoms with E-state index in [1.165, 1.54) is 6.07 Å². The van der Waals surface area contributed by atoms with Crippen molar-refractivity contribution in [2.75, 3.05) is 41.3 Å². The molecule has 1 N–H and O–H groups in total. The molecule has 7 heteroatoms. The number of pyridine rings is 2. The summed E-state index contributed by atoms with van der Waals surface area (Å²) >= 11 is 0. The van der Waals surface area contributed by atoms with E-state index in [0.29, 0.717) is 11.4 Å². The highest BCUT2D eigenvalue weighted by Crippen LogP contribution is 2.19. The first-order valence-corrected chi connectivity index (χ1v) is 9.59. The number of benzene rings is 1. The predicted octanol–water partition coefficient (Wildman–Crippen LogP) is 3.12. The molecule has 0 aliphatic carbocycles. The third kappa shape index (κ3) is 4.68.